The maximum atomic E-state index is 12.2. The Balaban J connectivity index is 1.16. The van der Waals surface area contributed by atoms with Gasteiger partial charge in [-0.05, 0) is 43.9 Å². The monoisotopic (exact) mass is 774 g/mol. The zero-order valence-electron chi connectivity index (χ0n) is 31.3. The lowest BCUT2D eigenvalue weighted by atomic mass is 9.99. The molecule has 286 valence electrons. The number of amides is 2. The van der Waals surface area contributed by atoms with E-state index >= 15 is 0 Å². The predicted molar refractivity (Wildman–Crippen MR) is 212 cm³/mol. The minimum absolute atomic E-state index is 0.0341. The summed E-state index contributed by atoms with van der Waals surface area (Å²) in [6, 6.07) is 18.3. The molecule has 2 aromatic carbocycles. The molecule has 2 amide bonds. The zero-order valence-corrected chi connectivity index (χ0v) is 32.8. The molecule has 13 heteroatoms. The summed E-state index contributed by atoms with van der Waals surface area (Å²) in [4.78, 5) is 37.1. The first-order chi connectivity index (χ1) is 26.2. The molecule has 0 unspecified atom stereocenters. The molecule has 0 bridgehead atoms. The van der Waals surface area contributed by atoms with E-state index in [4.69, 9.17) is 42.4 Å². The number of hydrogen-bond donors (Lipinski definition) is 2. The van der Waals surface area contributed by atoms with Gasteiger partial charge in [0.15, 0.2) is 0 Å². The van der Waals surface area contributed by atoms with Crippen molar-refractivity contribution in [1.29, 1.82) is 0 Å². The lowest BCUT2D eigenvalue weighted by Crippen LogP contribution is -2.45. The van der Waals surface area contributed by atoms with Crippen LogP contribution in [0.15, 0.2) is 60.8 Å². The maximum absolute atomic E-state index is 12.2. The summed E-state index contributed by atoms with van der Waals surface area (Å²) in [5, 5.41) is 8.23. The third-order valence-corrected chi connectivity index (χ3v) is 11.2. The van der Waals surface area contributed by atoms with Crippen LogP contribution in [0.5, 0.6) is 11.6 Å². The highest BCUT2D eigenvalue weighted by molar-refractivity contribution is 6.39. The van der Waals surface area contributed by atoms with E-state index in [-0.39, 0.29) is 18.4 Å². The molecular formula is C41H48Cl2N6O5. The van der Waals surface area contributed by atoms with Crippen molar-refractivity contribution in [2.45, 2.75) is 57.8 Å². The Morgan fingerprint density at radius 3 is 2.06 bits per heavy atom. The van der Waals surface area contributed by atoms with Gasteiger partial charge in [-0.3, -0.25) is 14.6 Å². The summed E-state index contributed by atoms with van der Waals surface area (Å²) in [5.41, 5.74) is 6.33. The van der Waals surface area contributed by atoms with E-state index in [0.29, 0.717) is 65.6 Å². The predicted octanol–water partition coefficient (Wildman–Crippen LogP) is 6.63. The fraction of sp³-hybridized carbons (Fsp3) is 0.415. The number of piperidine rings is 2. The second-order valence-electron chi connectivity index (χ2n) is 13.7. The van der Waals surface area contributed by atoms with Crippen molar-refractivity contribution in [2.75, 3.05) is 54.1 Å². The number of hydrogen-bond acceptors (Lipinski definition) is 9. The summed E-state index contributed by atoms with van der Waals surface area (Å²) in [6.07, 6.45) is 5.31. The van der Waals surface area contributed by atoms with Crippen LogP contribution in [0, 0.1) is 0 Å². The molecule has 0 saturated carbocycles. The van der Waals surface area contributed by atoms with Gasteiger partial charge in [-0.15, -0.1) is 0 Å². The number of aromatic nitrogens is 2. The SMILES string of the molecule is COCC(=O)N1CCC(NCc2ccc(-c3nccc(-c4cccc(-c5ccc(CNC6CCN(C(C)=O)CC6)c(OC)n5)c4Cl)c3Cl)cc2OC)CC1. The highest BCUT2D eigenvalue weighted by atomic mass is 35.5. The topological polar surface area (TPSA) is 118 Å². The Hall–Kier alpha value is -4.26. The Bertz CT molecular complexity index is 1950. The first-order valence-corrected chi connectivity index (χ1v) is 19.1. The van der Waals surface area contributed by atoms with Crippen molar-refractivity contribution < 1.29 is 23.8 Å². The van der Waals surface area contributed by atoms with E-state index in [9.17, 15) is 9.59 Å². The van der Waals surface area contributed by atoms with Gasteiger partial charge in [0.1, 0.15) is 12.4 Å². The minimum Gasteiger partial charge on any atom is -0.496 e. The number of halogens is 2. The average molecular weight is 776 g/mol. The molecule has 2 saturated heterocycles. The van der Waals surface area contributed by atoms with Gasteiger partial charge in [0.2, 0.25) is 17.7 Å². The van der Waals surface area contributed by atoms with E-state index in [1.54, 1.807) is 34.4 Å². The third-order valence-electron chi connectivity index (χ3n) is 10.4. The molecule has 2 aliphatic heterocycles. The molecule has 0 spiro atoms. The third kappa shape index (κ3) is 9.15. The van der Waals surface area contributed by atoms with Crippen LogP contribution in [0.2, 0.25) is 10.0 Å². The molecule has 2 fully saturated rings. The molecule has 2 aliphatic rings. The van der Waals surface area contributed by atoms with Crippen LogP contribution >= 0.6 is 23.2 Å². The number of nitrogens with one attached hydrogen (secondary N) is 2. The molecule has 6 rings (SSSR count). The summed E-state index contributed by atoms with van der Waals surface area (Å²) in [5.74, 6) is 1.42. The quantitative estimate of drug-likeness (QED) is 0.154. The molecule has 54 heavy (non-hydrogen) atoms. The summed E-state index contributed by atoms with van der Waals surface area (Å²) < 4.78 is 16.5. The number of ether oxygens (including phenoxy) is 3. The number of benzene rings is 2. The van der Waals surface area contributed by atoms with Gasteiger partial charge in [-0.2, -0.15) is 0 Å². The summed E-state index contributed by atoms with van der Waals surface area (Å²) in [7, 11) is 4.82. The average Bonchev–Trinajstić information content (AvgIpc) is 3.20. The van der Waals surface area contributed by atoms with Gasteiger partial charge >= 0.3 is 0 Å². The van der Waals surface area contributed by atoms with Gasteiger partial charge in [0.25, 0.3) is 0 Å². The second kappa shape index (κ2) is 18.4. The Labute approximate surface area is 327 Å². The molecule has 0 aliphatic carbocycles. The molecule has 0 atom stereocenters. The lowest BCUT2D eigenvalue weighted by Gasteiger charge is -2.32. The number of nitrogens with zero attached hydrogens (tertiary/aromatic N) is 4. The molecule has 2 N–H and O–H groups in total. The number of carbonyl (C=O) groups excluding carboxylic acids is 2. The molecule has 0 radical (unpaired) electrons. The van der Waals surface area contributed by atoms with Crippen LogP contribution in [0.4, 0.5) is 0 Å². The van der Waals surface area contributed by atoms with Crippen molar-refractivity contribution in [3.63, 3.8) is 0 Å². The molecular weight excluding hydrogens is 727 g/mol. The van der Waals surface area contributed by atoms with Crippen LogP contribution in [-0.4, -0.2) is 97.8 Å². The number of methoxy groups -OCH3 is 3. The maximum Gasteiger partial charge on any atom is 0.248 e. The smallest absolute Gasteiger partial charge is 0.248 e. The lowest BCUT2D eigenvalue weighted by molar-refractivity contribution is -0.136. The summed E-state index contributed by atoms with van der Waals surface area (Å²) >= 11 is 14.3. The highest BCUT2D eigenvalue weighted by Gasteiger charge is 2.24. The number of likely N-dealkylation sites (tertiary alicyclic amines) is 2. The Morgan fingerprint density at radius 1 is 0.778 bits per heavy atom. The van der Waals surface area contributed by atoms with E-state index in [1.165, 1.54) is 0 Å². The van der Waals surface area contributed by atoms with Gasteiger partial charge in [0, 0.05) is 105 Å². The van der Waals surface area contributed by atoms with Crippen LogP contribution in [0.25, 0.3) is 33.6 Å². The molecule has 2 aromatic heterocycles. The number of carbonyl (C=O) groups is 2. The number of rotatable bonds is 13. The van der Waals surface area contributed by atoms with E-state index in [2.05, 4.69) is 15.6 Å². The Kier molecular flexibility index (Phi) is 13.4. The van der Waals surface area contributed by atoms with Gasteiger partial charge in [0.05, 0.1) is 35.7 Å². The van der Waals surface area contributed by atoms with Gasteiger partial charge < -0.3 is 34.6 Å². The fourth-order valence-corrected chi connectivity index (χ4v) is 7.86. The highest BCUT2D eigenvalue weighted by Crippen LogP contribution is 2.42. The van der Waals surface area contributed by atoms with Crippen LogP contribution in [0.3, 0.4) is 0 Å². The normalized spacial score (nSPS) is 15.4. The zero-order chi connectivity index (χ0) is 38.2. The van der Waals surface area contributed by atoms with Crippen LogP contribution in [0.1, 0.15) is 43.7 Å². The largest absolute Gasteiger partial charge is 0.496 e. The minimum atomic E-state index is 0.0341. The van der Waals surface area contributed by atoms with Crippen molar-refractivity contribution in [2.24, 2.45) is 0 Å². The fourth-order valence-electron chi connectivity index (χ4n) is 7.21. The number of pyridine rings is 2. The van der Waals surface area contributed by atoms with Crippen molar-refractivity contribution >= 4 is 35.0 Å². The first-order valence-electron chi connectivity index (χ1n) is 18.3. The van der Waals surface area contributed by atoms with Gasteiger partial charge in [-0.25, -0.2) is 4.98 Å². The van der Waals surface area contributed by atoms with Crippen molar-refractivity contribution in [1.82, 2.24) is 30.4 Å². The van der Waals surface area contributed by atoms with E-state index in [0.717, 1.165) is 77.9 Å². The summed E-state index contributed by atoms with van der Waals surface area (Å²) in [6.45, 7) is 5.92. The Morgan fingerprint density at radius 2 is 1.41 bits per heavy atom. The standard InChI is InChI=1S/C41H48Cl2N6O5/c1-26(50)48-18-13-30(14-19-48)46-24-29-10-11-35(47-41(29)54-4)34-7-5-6-32(38(34)42)33-12-17-44-40(39(33)43)27-8-9-28(36(22-27)53-3)23-45-31-15-20-49(21-16-31)37(51)25-52-2/h5-12,17,22,30-31,45-46H,13-16,18-21,23-25H2,1-4H3. The molecule has 4 heterocycles. The molecule has 11 nitrogen and oxygen atoms in total. The van der Waals surface area contributed by atoms with E-state index in [1.807, 2.05) is 64.4 Å². The van der Waals surface area contributed by atoms with E-state index < -0.39 is 0 Å². The second-order valence-corrected chi connectivity index (χ2v) is 14.5. The van der Waals surface area contributed by atoms with Crippen LogP contribution < -0.4 is 20.1 Å². The van der Waals surface area contributed by atoms with Crippen molar-refractivity contribution in [3.05, 3.63) is 82.0 Å². The first kappa shape index (κ1) is 39.4. The van der Waals surface area contributed by atoms with Gasteiger partial charge in [-0.1, -0.05) is 59.6 Å². The van der Waals surface area contributed by atoms with Crippen molar-refractivity contribution in [3.8, 4) is 45.3 Å². The molecule has 4 aromatic rings. The van der Waals surface area contributed by atoms with Crippen LogP contribution in [-0.2, 0) is 27.4 Å².